The maximum absolute atomic E-state index is 3.87. The zero-order chi connectivity index (χ0) is 12.2. The summed E-state index contributed by atoms with van der Waals surface area (Å²) in [7, 11) is 0. The Morgan fingerprint density at radius 3 is 1.25 bits per heavy atom. The first-order valence-electron chi connectivity index (χ1n) is 5.24. The summed E-state index contributed by atoms with van der Waals surface area (Å²) in [6.07, 6.45) is 6.52. The Labute approximate surface area is 96.8 Å². The summed E-state index contributed by atoms with van der Waals surface area (Å²) < 4.78 is 0. The summed E-state index contributed by atoms with van der Waals surface area (Å²) in [6.45, 7) is 7.86. The second-order valence-corrected chi connectivity index (χ2v) is 2.70. The maximum Gasteiger partial charge on any atom is 0.115 e. The van der Waals surface area contributed by atoms with Crippen LogP contribution in [0.4, 0.5) is 0 Å². The van der Waals surface area contributed by atoms with Crippen LogP contribution in [0.15, 0.2) is 37.2 Å². The van der Waals surface area contributed by atoms with E-state index in [1.807, 2.05) is 39.8 Å². The van der Waals surface area contributed by atoms with Crippen molar-refractivity contribution in [1.82, 2.24) is 19.9 Å². The van der Waals surface area contributed by atoms with Gasteiger partial charge in [-0.25, -0.2) is 19.9 Å². The van der Waals surface area contributed by atoms with Gasteiger partial charge in [0, 0.05) is 23.8 Å². The fraction of sp³-hybridized carbons (Fsp3) is 0.333. The molecule has 4 nitrogen and oxygen atoms in total. The molecule has 0 saturated carbocycles. The first-order chi connectivity index (χ1) is 7.79. The normalized spacial score (nSPS) is 8.00. The third kappa shape index (κ3) is 7.55. The van der Waals surface area contributed by atoms with Gasteiger partial charge in [-0.05, 0) is 26.0 Å². The van der Waals surface area contributed by atoms with E-state index >= 15 is 0 Å². The van der Waals surface area contributed by atoms with Crippen molar-refractivity contribution in [3.05, 3.63) is 48.6 Å². The van der Waals surface area contributed by atoms with Crippen LogP contribution in [0.25, 0.3) is 0 Å². The molecule has 0 saturated heterocycles. The molecule has 0 atom stereocenters. The van der Waals surface area contributed by atoms with Crippen molar-refractivity contribution in [3.8, 4) is 0 Å². The summed E-state index contributed by atoms with van der Waals surface area (Å²) in [5.74, 6) is 0. The molecule has 0 aliphatic heterocycles. The Hall–Kier alpha value is -1.84. The highest BCUT2D eigenvalue weighted by Crippen LogP contribution is 1.82. The minimum atomic E-state index is 1.01. The summed E-state index contributed by atoms with van der Waals surface area (Å²) in [6, 6.07) is 3.72. The average molecular weight is 218 g/mol. The number of nitrogens with zero attached hydrogens (tertiary/aromatic N) is 4. The van der Waals surface area contributed by atoms with E-state index < -0.39 is 0 Å². The number of rotatable bonds is 0. The lowest BCUT2D eigenvalue weighted by Gasteiger charge is -1.81. The quantitative estimate of drug-likeness (QED) is 0.682. The Morgan fingerprint density at radius 2 is 1.12 bits per heavy atom. The van der Waals surface area contributed by atoms with Crippen molar-refractivity contribution in [3.63, 3.8) is 0 Å². The van der Waals surface area contributed by atoms with Crippen molar-refractivity contribution < 1.29 is 0 Å². The average Bonchev–Trinajstić information content (AvgIpc) is 2.34. The van der Waals surface area contributed by atoms with Gasteiger partial charge in [-0.3, -0.25) is 0 Å². The molecule has 2 heterocycles. The molecule has 0 spiro atoms. The highest BCUT2D eigenvalue weighted by Gasteiger charge is 1.74. The molecule has 0 aromatic carbocycles. The lowest BCUT2D eigenvalue weighted by atomic mass is 10.5. The molecule has 0 bridgehead atoms. The Kier molecular flexibility index (Phi) is 8.59. The van der Waals surface area contributed by atoms with Gasteiger partial charge in [0.15, 0.2) is 0 Å². The molecule has 0 radical (unpaired) electrons. The van der Waals surface area contributed by atoms with Crippen LogP contribution >= 0.6 is 0 Å². The molecule has 0 unspecified atom stereocenters. The molecule has 16 heavy (non-hydrogen) atoms. The lowest BCUT2D eigenvalue weighted by molar-refractivity contribution is 1.10. The molecular weight excluding hydrogens is 200 g/mol. The van der Waals surface area contributed by atoms with Gasteiger partial charge in [-0.1, -0.05) is 13.8 Å². The van der Waals surface area contributed by atoms with Crippen LogP contribution in [0.5, 0.6) is 0 Å². The molecular formula is C12H18N4. The van der Waals surface area contributed by atoms with E-state index in [0.717, 1.165) is 11.4 Å². The van der Waals surface area contributed by atoms with E-state index in [9.17, 15) is 0 Å². The fourth-order valence-corrected chi connectivity index (χ4v) is 0.714. The van der Waals surface area contributed by atoms with Crippen LogP contribution in [0, 0.1) is 13.8 Å². The Bertz CT molecular complexity index is 310. The smallest absolute Gasteiger partial charge is 0.115 e. The largest absolute Gasteiger partial charge is 0.245 e. The zero-order valence-corrected chi connectivity index (χ0v) is 10.3. The van der Waals surface area contributed by atoms with Crippen LogP contribution in [0.2, 0.25) is 0 Å². The molecule has 0 aliphatic rings. The third-order valence-electron chi connectivity index (χ3n) is 1.46. The van der Waals surface area contributed by atoms with E-state index in [-0.39, 0.29) is 0 Å². The van der Waals surface area contributed by atoms with Gasteiger partial charge in [-0.15, -0.1) is 0 Å². The number of aromatic nitrogens is 4. The number of aryl methyl sites for hydroxylation is 2. The van der Waals surface area contributed by atoms with E-state index in [0.29, 0.717) is 0 Å². The van der Waals surface area contributed by atoms with Crippen LogP contribution in [0.3, 0.4) is 0 Å². The summed E-state index contributed by atoms with van der Waals surface area (Å²) in [4.78, 5) is 15.2. The second-order valence-electron chi connectivity index (χ2n) is 2.70. The SMILES string of the molecule is CC.Cc1ccncn1.Cc1ccncn1. The van der Waals surface area contributed by atoms with Gasteiger partial charge in [-0.2, -0.15) is 0 Å². The first kappa shape index (κ1) is 14.2. The monoisotopic (exact) mass is 218 g/mol. The predicted molar refractivity (Wildman–Crippen MR) is 64.9 cm³/mol. The molecule has 0 aliphatic carbocycles. The Balaban J connectivity index is 0.000000244. The van der Waals surface area contributed by atoms with Gasteiger partial charge in [0.25, 0.3) is 0 Å². The zero-order valence-electron chi connectivity index (χ0n) is 10.3. The van der Waals surface area contributed by atoms with Gasteiger partial charge in [0.05, 0.1) is 0 Å². The number of hydrogen-bond donors (Lipinski definition) is 0. The molecule has 86 valence electrons. The van der Waals surface area contributed by atoms with Crippen molar-refractivity contribution in [2.24, 2.45) is 0 Å². The lowest BCUT2D eigenvalue weighted by Crippen LogP contribution is -1.77. The van der Waals surface area contributed by atoms with Crippen molar-refractivity contribution >= 4 is 0 Å². The van der Waals surface area contributed by atoms with Crippen LogP contribution in [-0.2, 0) is 0 Å². The van der Waals surface area contributed by atoms with Crippen LogP contribution in [0.1, 0.15) is 25.2 Å². The molecule has 2 rings (SSSR count). The molecule has 2 aromatic rings. The summed E-state index contributed by atoms with van der Waals surface area (Å²) in [5, 5.41) is 0. The minimum Gasteiger partial charge on any atom is -0.245 e. The van der Waals surface area contributed by atoms with Crippen molar-refractivity contribution in [2.75, 3.05) is 0 Å². The minimum absolute atomic E-state index is 1.01. The fourth-order valence-electron chi connectivity index (χ4n) is 0.714. The van der Waals surface area contributed by atoms with Crippen LogP contribution < -0.4 is 0 Å². The summed E-state index contributed by atoms with van der Waals surface area (Å²) in [5.41, 5.74) is 2.02. The number of hydrogen-bond acceptors (Lipinski definition) is 4. The van der Waals surface area contributed by atoms with Gasteiger partial charge < -0.3 is 0 Å². The topological polar surface area (TPSA) is 51.6 Å². The molecule has 0 N–H and O–H groups in total. The van der Waals surface area contributed by atoms with Gasteiger partial charge >= 0.3 is 0 Å². The Morgan fingerprint density at radius 1 is 0.750 bits per heavy atom. The molecule has 0 fully saturated rings. The highest BCUT2D eigenvalue weighted by atomic mass is 14.8. The van der Waals surface area contributed by atoms with Crippen LogP contribution in [-0.4, -0.2) is 19.9 Å². The molecule has 2 aromatic heterocycles. The van der Waals surface area contributed by atoms with Crippen molar-refractivity contribution in [2.45, 2.75) is 27.7 Å². The summed E-state index contributed by atoms with van der Waals surface area (Å²) >= 11 is 0. The highest BCUT2D eigenvalue weighted by molar-refractivity contribution is 4.93. The molecule has 4 heteroatoms. The van der Waals surface area contributed by atoms with E-state index in [1.54, 1.807) is 12.4 Å². The van der Waals surface area contributed by atoms with E-state index in [4.69, 9.17) is 0 Å². The van der Waals surface area contributed by atoms with Gasteiger partial charge in [0.1, 0.15) is 12.7 Å². The third-order valence-corrected chi connectivity index (χ3v) is 1.46. The molecule has 0 amide bonds. The predicted octanol–water partition coefficient (Wildman–Crippen LogP) is 2.60. The maximum atomic E-state index is 3.87. The van der Waals surface area contributed by atoms with Crippen molar-refractivity contribution in [1.29, 1.82) is 0 Å². The van der Waals surface area contributed by atoms with E-state index in [2.05, 4.69) is 19.9 Å². The first-order valence-corrected chi connectivity index (χ1v) is 5.24. The van der Waals surface area contributed by atoms with Gasteiger partial charge in [0.2, 0.25) is 0 Å². The van der Waals surface area contributed by atoms with E-state index in [1.165, 1.54) is 12.7 Å². The second kappa shape index (κ2) is 9.71. The standard InChI is InChI=1S/2C5H6N2.C2H6/c2*1-5-2-3-6-4-7-5;1-2/h2*2-4H,1H3;1-2H3.